The molecule has 0 unspecified atom stereocenters. The Labute approximate surface area is 384 Å². The molecule has 0 aliphatic carbocycles. The molecular formula is C60H66B2N2. The van der Waals surface area contributed by atoms with E-state index in [2.05, 4.69) is 185 Å². The van der Waals surface area contributed by atoms with E-state index < -0.39 is 0 Å². The zero-order valence-electron chi connectivity index (χ0n) is 42.5. The molecule has 2 aliphatic rings. The van der Waals surface area contributed by atoms with Crippen molar-refractivity contribution in [3.05, 3.63) is 125 Å². The van der Waals surface area contributed by atoms with Gasteiger partial charge >= 0.3 is 0 Å². The molecular weight excluding hydrogens is 770 g/mol. The van der Waals surface area contributed by atoms with Crippen LogP contribution in [0.2, 0.25) is 0 Å². The molecule has 0 atom stereocenters. The van der Waals surface area contributed by atoms with Gasteiger partial charge in [0.15, 0.2) is 0 Å². The van der Waals surface area contributed by atoms with Crippen LogP contribution in [0.3, 0.4) is 0 Å². The zero-order chi connectivity index (χ0) is 46.2. The molecule has 0 aromatic heterocycles. The molecule has 64 heavy (non-hydrogen) atoms. The normalized spacial score (nSPS) is 12.9. The van der Waals surface area contributed by atoms with E-state index in [0.717, 1.165) is 0 Å². The number of benzene rings is 8. The lowest BCUT2D eigenvalue weighted by Crippen LogP contribution is -2.52. The van der Waals surface area contributed by atoms with E-state index in [4.69, 9.17) is 0 Å². The molecule has 8 aromatic carbocycles. The fraction of sp³-hybridized carbons (Fsp3) is 0.333. The van der Waals surface area contributed by atoms with Gasteiger partial charge in [0.1, 0.15) is 0 Å². The quantitative estimate of drug-likeness (QED) is 0.129. The molecule has 8 aromatic rings. The lowest BCUT2D eigenvalue weighted by molar-refractivity contribution is 1.14. The van der Waals surface area contributed by atoms with Crippen molar-refractivity contribution in [3.8, 4) is 22.3 Å². The molecule has 0 radical (unpaired) electrons. The van der Waals surface area contributed by atoms with Crippen LogP contribution in [0.1, 0.15) is 89.0 Å². The molecule has 0 fully saturated rings. The van der Waals surface area contributed by atoms with E-state index in [1.807, 2.05) is 0 Å². The summed E-state index contributed by atoms with van der Waals surface area (Å²) >= 11 is 0. The second-order valence-electron chi connectivity index (χ2n) is 20.9. The third-order valence-electron chi connectivity index (χ3n) is 18.1. The minimum Gasteiger partial charge on any atom is -0.377 e. The first-order valence-corrected chi connectivity index (χ1v) is 23.7. The lowest BCUT2D eigenvalue weighted by atomic mass is 9.36. The highest BCUT2D eigenvalue weighted by Crippen LogP contribution is 2.45. The van der Waals surface area contributed by atoms with E-state index in [9.17, 15) is 0 Å². The first-order valence-electron chi connectivity index (χ1n) is 23.7. The van der Waals surface area contributed by atoms with Crippen molar-refractivity contribution < 1.29 is 0 Å². The molecule has 2 heterocycles. The maximum Gasteiger partial charge on any atom is 0.244 e. The summed E-state index contributed by atoms with van der Waals surface area (Å²) in [5.41, 5.74) is 40.2. The predicted octanol–water partition coefficient (Wildman–Crippen LogP) is 10.6. The van der Waals surface area contributed by atoms with Crippen molar-refractivity contribution in [2.24, 2.45) is 0 Å². The van der Waals surface area contributed by atoms with Crippen molar-refractivity contribution in [1.29, 1.82) is 0 Å². The van der Waals surface area contributed by atoms with Crippen molar-refractivity contribution >= 4 is 89.9 Å². The fourth-order valence-corrected chi connectivity index (χ4v) is 13.2. The standard InChI is InChI=1S/C60H66B2N2/c1-27-31(5)39(13)57-51(35(27)9)52-36(10)28(2)32(6)40(14)58(52)61(57)47-25-49(63(17)18)45-24-22-44-48(26-50(64(19)20)46-23-21-43(47)55(45)56(44)46)62-59-41(15)33(7)29(3)37(11)53(59)54-38(12)30(4)34(8)42(16)60(54)62/h21-26H,1-20H3. The van der Waals surface area contributed by atoms with Gasteiger partial charge in [-0.05, 0) is 233 Å². The third-order valence-corrected chi connectivity index (χ3v) is 18.1. The summed E-state index contributed by atoms with van der Waals surface area (Å²) in [7, 11) is 8.97. The van der Waals surface area contributed by atoms with Gasteiger partial charge in [-0.1, -0.05) is 79.3 Å². The minimum absolute atomic E-state index is 0.110. The van der Waals surface area contributed by atoms with Crippen LogP contribution in [-0.4, -0.2) is 41.6 Å². The van der Waals surface area contributed by atoms with Gasteiger partial charge in [-0.15, -0.1) is 0 Å². The number of hydrogen-bond donors (Lipinski definition) is 0. The zero-order valence-corrected chi connectivity index (χ0v) is 42.5. The maximum atomic E-state index is 2.57. The number of fused-ring (bicyclic) bond motifs is 6. The Morgan fingerprint density at radius 2 is 0.500 bits per heavy atom. The summed E-state index contributed by atoms with van der Waals surface area (Å²) in [6, 6.07) is 15.1. The van der Waals surface area contributed by atoms with E-state index in [1.54, 1.807) is 0 Å². The van der Waals surface area contributed by atoms with Crippen molar-refractivity contribution in [2.75, 3.05) is 38.0 Å². The molecule has 4 heteroatoms. The van der Waals surface area contributed by atoms with Gasteiger partial charge < -0.3 is 9.80 Å². The Bertz CT molecular complexity index is 3080. The Balaban J connectivity index is 1.40. The van der Waals surface area contributed by atoms with Crippen LogP contribution in [0.25, 0.3) is 54.6 Å². The summed E-state index contributed by atoms with van der Waals surface area (Å²) in [6.07, 6.45) is 0. The Morgan fingerprint density at radius 1 is 0.281 bits per heavy atom. The van der Waals surface area contributed by atoms with Gasteiger partial charge in [0.25, 0.3) is 0 Å². The van der Waals surface area contributed by atoms with Crippen LogP contribution in [0.5, 0.6) is 0 Å². The van der Waals surface area contributed by atoms with Gasteiger partial charge in [0, 0.05) is 50.3 Å². The first kappa shape index (κ1) is 42.5. The monoisotopic (exact) mass is 837 g/mol. The minimum atomic E-state index is 0.110. The Hall–Kier alpha value is -5.47. The summed E-state index contributed by atoms with van der Waals surface area (Å²) in [4.78, 5) is 4.74. The van der Waals surface area contributed by atoms with Crippen molar-refractivity contribution in [3.63, 3.8) is 0 Å². The van der Waals surface area contributed by atoms with Crippen LogP contribution >= 0.6 is 0 Å². The maximum absolute atomic E-state index is 2.57. The van der Waals surface area contributed by atoms with Crippen LogP contribution in [0.4, 0.5) is 11.4 Å². The highest BCUT2D eigenvalue weighted by molar-refractivity contribution is 7.02. The molecule has 0 bridgehead atoms. The van der Waals surface area contributed by atoms with Gasteiger partial charge in [-0.25, -0.2) is 0 Å². The second-order valence-corrected chi connectivity index (χ2v) is 20.9. The number of rotatable bonds is 4. The largest absolute Gasteiger partial charge is 0.377 e. The van der Waals surface area contributed by atoms with Crippen LogP contribution in [-0.2, 0) is 0 Å². The summed E-state index contributed by atoms with van der Waals surface area (Å²) in [6.45, 7) is 38.1. The highest BCUT2D eigenvalue weighted by Gasteiger charge is 2.43. The molecule has 0 spiro atoms. The summed E-state index contributed by atoms with van der Waals surface area (Å²) in [5, 5.41) is 8.19. The molecule has 322 valence electrons. The average molecular weight is 837 g/mol. The van der Waals surface area contributed by atoms with E-state index in [1.165, 1.54) is 188 Å². The van der Waals surface area contributed by atoms with Crippen molar-refractivity contribution in [1.82, 2.24) is 0 Å². The molecule has 0 N–H and O–H groups in total. The number of anilines is 2. The molecule has 0 amide bonds. The average Bonchev–Trinajstić information content (AvgIpc) is 3.82. The van der Waals surface area contributed by atoms with Gasteiger partial charge in [0.2, 0.25) is 13.4 Å². The second kappa shape index (κ2) is 14.0. The molecule has 2 aliphatic heterocycles. The first-order chi connectivity index (χ1) is 30.1. The number of hydrogen-bond acceptors (Lipinski definition) is 2. The van der Waals surface area contributed by atoms with Crippen LogP contribution < -0.4 is 42.6 Å². The smallest absolute Gasteiger partial charge is 0.244 e. The molecule has 2 nitrogen and oxygen atoms in total. The molecule has 0 saturated carbocycles. The van der Waals surface area contributed by atoms with Crippen molar-refractivity contribution in [2.45, 2.75) is 111 Å². The SMILES string of the molecule is Cc1c(C)c(C)c2c(c1C)B(c1cc(N(C)C)c3ccc4c(B5c6c(C)c(C)c(C)c(C)c6-c6c(C)c(C)c(C)c(C)c65)cc(N(C)C)c5ccc1c3c45)c1c(C)c(C)c(C)c(C)c1-2. The van der Waals surface area contributed by atoms with Gasteiger partial charge in [0.05, 0.1) is 0 Å². The summed E-state index contributed by atoms with van der Waals surface area (Å²) < 4.78 is 0. The summed E-state index contributed by atoms with van der Waals surface area (Å²) in [5.74, 6) is 0. The van der Waals surface area contributed by atoms with E-state index in [-0.39, 0.29) is 13.4 Å². The predicted molar refractivity (Wildman–Crippen MR) is 288 cm³/mol. The Morgan fingerprint density at radius 3 is 0.734 bits per heavy atom. The van der Waals surface area contributed by atoms with Crippen LogP contribution in [0.15, 0.2) is 36.4 Å². The fourth-order valence-electron chi connectivity index (χ4n) is 13.2. The van der Waals surface area contributed by atoms with Crippen LogP contribution in [0, 0.1) is 111 Å². The van der Waals surface area contributed by atoms with Gasteiger partial charge in [-0.3, -0.25) is 0 Å². The van der Waals surface area contributed by atoms with Gasteiger partial charge in [-0.2, -0.15) is 0 Å². The molecule has 0 saturated heterocycles. The molecule has 10 rings (SSSR count). The third kappa shape index (κ3) is 5.12. The topological polar surface area (TPSA) is 6.48 Å². The van der Waals surface area contributed by atoms with E-state index >= 15 is 0 Å². The Kier molecular flexibility index (Phi) is 9.30. The highest BCUT2D eigenvalue weighted by atomic mass is 15.1. The van der Waals surface area contributed by atoms with E-state index in [0.29, 0.717) is 0 Å². The lowest BCUT2D eigenvalue weighted by Gasteiger charge is -2.28. The number of nitrogens with zero attached hydrogens (tertiary/aromatic N) is 2.